The normalized spacial score (nSPS) is 21.9. The van der Waals surface area contributed by atoms with Gasteiger partial charge in [0.15, 0.2) is 0 Å². The van der Waals surface area contributed by atoms with Crippen molar-refractivity contribution in [1.82, 2.24) is 4.90 Å². The van der Waals surface area contributed by atoms with Crippen LogP contribution < -0.4 is 0 Å². The number of halogens is 1. The standard InChI is InChI=1S/C15H20FNO2/c1-15(2,3)19-14(18)17(13-9-12(13)16)10-11-7-5-4-6-8-11/h4-8,12-13H,9-10H2,1-3H3. The van der Waals surface area contributed by atoms with E-state index < -0.39 is 17.9 Å². The van der Waals surface area contributed by atoms with E-state index in [1.54, 1.807) is 0 Å². The maximum atomic E-state index is 13.3. The van der Waals surface area contributed by atoms with Crippen LogP contribution in [0.25, 0.3) is 0 Å². The summed E-state index contributed by atoms with van der Waals surface area (Å²) in [5.74, 6) is 0. The molecule has 0 heterocycles. The predicted octanol–water partition coefficient (Wildman–Crippen LogP) is 3.53. The molecule has 1 aliphatic rings. The molecule has 0 N–H and O–H groups in total. The molecule has 1 fully saturated rings. The molecule has 0 aliphatic heterocycles. The first-order valence-corrected chi connectivity index (χ1v) is 6.54. The molecule has 1 aromatic rings. The van der Waals surface area contributed by atoms with E-state index in [-0.39, 0.29) is 6.04 Å². The van der Waals surface area contributed by atoms with Gasteiger partial charge in [0.05, 0.1) is 6.04 Å². The first-order valence-electron chi connectivity index (χ1n) is 6.54. The van der Waals surface area contributed by atoms with E-state index >= 15 is 0 Å². The van der Waals surface area contributed by atoms with Crippen molar-refractivity contribution in [2.75, 3.05) is 0 Å². The van der Waals surface area contributed by atoms with Crippen LogP contribution in [0.3, 0.4) is 0 Å². The smallest absolute Gasteiger partial charge is 0.410 e. The lowest BCUT2D eigenvalue weighted by Gasteiger charge is -2.27. The Labute approximate surface area is 113 Å². The minimum atomic E-state index is -0.920. The maximum absolute atomic E-state index is 13.3. The summed E-state index contributed by atoms with van der Waals surface area (Å²) >= 11 is 0. The molecule has 2 unspecified atom stereocenters. The van der Waals surface area contributed by atoms with Gasteiger partial charge in [-0.2, -0.15) is 0 Å². The molecule has 0 saturated heterocycles. The number of hydrogen-bond acceptors (Lipinski definition) is 2. The summed E-state index contributed by atoms with van der Waals surface area (Å²) in [6, 6.07) is 9.23. The van der Waals surface area contributed by atoms with Crippen LogP contribution in [-0.4, -0.2) is 28.8 Å². The summed E-state index contributed by atoms with van der Waals surface area (Å²) in [6.45, 7) is 5.82. The molecule has 2 rings (SSSR count). The van der Waals surface area contributed by atoms with Crippen molar-refractivity contribution in [2.24, 2.45) is 0 Å². The third-order valence-corrected chi connectivity index (χ3v) is 2.91. The Morgan fingerprint density at radius 3 is 2.42 bits per heavy atom. The molecule has 19 heavy (non-hydrogen) atoms. The number of ether oxygens (including phenoxy) is 1. The van der Waals surface area contributed by atoms with Crippen LogP contribution in [0.4, 0.5) is 9.18 Å². The largest absolute Gasteiger partial charge is 0.444 e. The minimum absolute atomic E-state index is 0.338. The molecule has 1 aromatic carbocycles. The van der Waals surface area contributed by atoms with Crippen molar-refractivity contribution in [2.45, 2.75) is 51.6 Å². The van der Waals surface area contributed by atoms with E-state index in [0.29, 0.717) is 13.0 Å². The summed E-state index contributed by atoms with van der Waals surface area (Å²) in [4.78, 5) is 13.6. The molecule has 2 atom stereocenters. The number of carbonyl (C=O) groups excluding carboxylic acids is 1. The predicted molar refractivity (Wildman–Crippen MR) is 71.5 cm³/mol. The van der Waals surface area contributed by atoms with Crippen molar-refractivity contribution in [1.29, 1.82) is 0 Å². The third kappa shape index (κ3) is 3.94. The van der Waals surface area contributed by atoms with E-state index in [4.69, 9.17) is 4.74 Å². The number of amides is 1. The summed E-state index contributed by atoms with van der Waals surface area (Å²) in [6.07, 6.45) is -0.954. The van der Waals surface area contributed by atoms with Crippen molar-refractivity contribution in [3.8, 4) is 0 Å². The first kappa shape index (κ1) is 13.8. The molecule has 0 bridgehead atoms. The van der Waals surface area contributed by atoms with Gasteiger partial charge in [0, 0.05) is 13.0 Å². The van der Waals surface area contributed by atoms with Crippen LogP contribution >= 0.6 is 0 Å². The first-order chi connectivity index (χ1) is 8.87. The van der Waals surface area contributed by atoms with E-state index in [2.05, 4.69) is 0 Å². The Morgan fingerprint density at radius 1 is 1.37 bits per heavy atom. The second kappa shape index (κ2) is 5.19. The van der Waals surface area contributed by atoms with Crippen LogP contribution in [0.15, 0.2) is 30.3 Å². The molecule has 0 aromatic heterocycles. The van der Waals surface area contributed by atoms with Crippen LogP contribution in [0.2, 0.25) is 0 Å². The van der Waals surface area contributed by atoms with E-state index in [9.17, 15) is 9.18 Å². The molecule has 3 nitrogen and oxygen atoms in total. The highest BCUT2D eigenvalue weighted by Crippen LogP contribution is 2.33. The Balaban J connectivity index is 2.06. The lowest BCUT2D eigenvalue weighted by molar-refractivity contribution is 0.0201. The number of alkyl halides is 1. The second-order valence-corrected chi connectivity index (χ2v) is 5.91. The molecule has 0 radical (unpaired) electrons. The number of hydrogen-bond donors (Lipinski definition) is 0. The molecule has 1 amide bonds. The Bertz CT molecular complexity index is 441. The number of nitrogens with zero attached hydrogens (tertiary/aromatic N) is 1. The second-order valence-electron chi connectivity index (χ2n) is 5.91. The van der Waals surface area contributed by atoms with Gasteiger partial charge in [0.25, 0.3) is 0 Å². The van der Waals surface area contributed by atoms with E-state index in [1.165, 1.54) is 4.90 Å². The fourth-order valence-electron chi connectivity index (χ4n) is 1.89. The fourth-order valence-corrected chi connectivity index (χ4v) is 1.89. The number of benzene rings is 1. The zero-order chi connectivity index (χ0) is 14.0. The molecule has 1 saturated carbocycles. The topological polar surface area (TPSA) is 29.5 Å². The van der Waals surface area contributed by atoms with Crippen molar-refractivity contribution < 1.29 is 13.9 Å². The zero-order valence-corrected chi connectivity index (χ0v) is 11.6. The number of rotatable bonds is 3. The summed E-state index contributed by atoms with van der Waals surface area (Å²) in [5.41, 5.74) is 0.416. The van der Waals surface area contributed by atoms with Gasteiger partial charge < -0.3 is 4.74 Å². The van der Waals surface area contributed by atoms with Gasteiger partial charge in [-0.15, -0.1) is 0 Å². The summed E-state index contributed by atoms with van der Waals surface area (Å²) in [7, 11) is 0. The Morgan fingerprint density at radius 2 is 1.95 bits per heavy atom. The molecule has 104 valence electrons. The lowest BCUT2D eigenvalue weighted by Crippen LogP contribution is -2.38. The van der Waals surface area contributed by atoms with Crippen LogP contribution in [0.1, 0.15) is 32.8 Å². The lowest BCUT2D eigenvalue weighted by atomic mass is 10.2. The third-order valence-electron chi connectivity index (χ3n) is 2.91. The fraction of sp³-hybridized carbons (Fsp3) is 0.533. The SMILES string of the molecule is CC(C)(C)OC(=O)N(Cc1ccccc1)C1CC1F. The van der Waals surface area contributed by atoms with Crippen LogP contribution in [-0.2, 0) is 11.3 Å². The number of carbonyl (C=O) groups is 1. The van der Waals surface area contributed by atoms with E-state index in [1.807, 2.05) is 51.1 Å². The van der Waals surface area contributed by atoms with Crippen LogP contribution in [0, 0.1) is 0 Å². The van der Waals surface area contributed by atoms with Gasteiger partial charge in [-0.05, 0) is 26.3 Å². The minimum Gasteiger partial charge on any atom is -0.444 e. The van der Waals surface area contributed by atoms with Crippen molar-refractivity contribution in [3.63, 3.8) is 0 Å². The van der Waals surface area contributed by atoms with Gasteiger partial charge in [-0.25, -0.2) is 9.18 Å². The highest BCUT2D eigenvalue weighted by atomic mass is 19.1. The Hall–Kier alpha value is -1.58. The average Bonchev–Trinajstić information content (AvgIpc) is 3.02. The van der Waals surface area contributed by atoms with Gasteiger partial charge in [-0.3, -0.25) is 4.90 Å². The summed E-state index contributed by atoms with van der Waals surface area (Å²) < 4.78 is 18.6. The quantitative estimate of drug-likeness (QED) is 0.836. The molecular weight excluding hydrogens is 245 g/mol. The Kier molecular flexibility index (Phi) is 3.78. The van der Waals surface area contributed by atoms with Crippen molar-refractivity contribution in [3.05, 3.63) is 35.9 Å². The monoisotopic (exact) mass is 265 g/mol. The van der Waals surface area contributed by atoms with E-state index in [0.717, 1.165) is 5.56 Å². The van der Waals surface area contributed by atoms with Gasteiger partial charge in [0.1, 0.15) is 11.8 Å². The average molecular weight is 265 g/mol. The summed E-state index contributed by atoms with van der Waals surface area (Å²) in [5, 5.41) is 0. The molecule has 0 spiro atoms. The van der Waals surface area contributed by atoms with Gasteiger partial charge in [0.2, 0.25) is 0 Å². The van der Waals surface area contributed by atoms with Gasteiger partial charge in [-0.1, -0.05) is 30.3 Å². The maximum Gasteiger partial charge on any atom is 0.410 e. The molecular formula is C15H20FNO2. The van der Waals surface area contributed by atoms with Crippen LogP contribution in [0.5, 0.6) is 0 Å². The molecule has 1 aliphatic carbocycles. The zero-order valence-electron chi connectivity index (χ0n) is 11.6. The highest BCUT2D eigenvalue weighted by Gasteiger charge is 2.45. The van der Waals surface area contributed by atoms with Crippen molar-refractivity contribution >= 4 is 6.09 Å². The highest BCUT2D eigenvalue weighted by molar-refractivity contribution is 5.69. The molecule has 4 heteroatoms. The van der Waals surface area contributed by atoms with Gasteiger partial charge >= 0.3 is 6.09 Å².